The van der Waals surface area contributed by atoms with Crippen molar-refractivity contribution in [3.8, 4) is 17.3 Å². The van der Waals surface area contributed by atoms with Crippen LogP contribution in [0.3, 0.4) is 0 Å². The summed E-state index contributed by atoms with van der Waals surface area (Å²) < 4.78 is 87.4. The Labute approximate surface area is 218 Å². The maximum absolute atomic E-state index is 14.0. The zero-order valence-corrected chi connectivity index (χ0v) is 20.3. The predicted molar refractivity (Wildman–Crippen MR) is 128 cm³/mol. The summed E-state index contributed by atoms with van der Waals surface area (Å²) in [4.78, 5) is 5.56. The summed E-state index contributed by atoms with van der Waals surface area (Å²) in [5, 5.41) is 8.20. The van der Waals surface area contributed by atoms with Crippen LogP contribution in [-0.2, 0) is 0 Å². The molecule has 1 aromatic carbocycles. The fourth-order valence-electron chi connectivity index (χ4n) is 4.38. The molecule has 0 amide bonds. The van der Waals surface area contributed by atoms with Crippen molar-refractivity contribution in [3.05, 3.63) is 54.0 Å². The highest BCUT2D eigenvalue weighted by Gasteiger charge is 2.46. The average molecular weight is 569 g/mol. The molecule has 7 nitrogen and oxygen atoms in total. The lowest BCUT2D eigenvalue weighted by Gasteiger charge is -2.30. The minimum atomic E-state index is -4.56. The van der Waals surface area contributed by atoms with E-state index in [1.165, 1.54) is 39.8 Å². The Morgan fingerprint density at radius 1 is 1.05 bits per heavy atom. The quantitative estimate of drug-likeness (QED) is 0.335. The van der Waals surface area contributed by atoms with Crippen molar-refractivity contribution >= 4 is 41.4 Å². The van der Waals surface area contributed by atoms with Gasteiger partial charge in [-0.15, -0.1) is 35.0 Å². The first-order valence-corrected chi connectivity index (χ1v) is 10.6. The molecule has 0 unspecified atom stereocenters. The van der Waals surface area contributed by atoms with E-state index in [9.17, 15) is 26.3 Å². The molecular formula is C22H20Cl2F6N6O. The number of rotatable bonds is 5. The minimum absolute atomic E-state index is 0. The molecule has 1 saturated heterocycles. The van der Waals surface area contributed by atoms with Crippen molar-refractivity contribution in [1.29, 1.82) is 0 Å². The third-order valence-corrected chi connectivity index (χ3v) is 5.84. The molecule has 1 fully saturated rings. The van der Waals surface area contributed by atoms with Gasteiger partial charge >= 0.3 is 12.8 Å². The second-order valence-electron chi connectivity index (χ2n) is 8.25. The van der Waals surface area contributed by atoms with Gasteiger partial charge < -0.3 is 10.5 Å². The molecule has 2 N–H and O–H groups in total. The number of benzene rings is 1. The van der Waals surface area contributed by atoms with E-state index in [1.807, 2.05) is 0 Å². The van der Waals surface area contributed by atoms with Gasteiger partial charge in [0.15, 0.2) is 17.2 Å². The van der Waals surface area contributed by atoms with Crippen LogP contribution in [0.25, 0.3) is 28.1 Å². The van der Waals surface area contributed by atoms with Crippen LogP contribution in [0.4, 0.5) is 26.3 Å². The molecule has 1 aliphatic rings. The van der Waals surface area contributed by atoms with Crippen molar-refractivity contribution in [1.82, 2.24) is 24.5 Å². The summed E-state index contributed by atoms with van der Waals surface area (Å²) in [5.74, 6) is -1.19. The van der Waals surface area contributed by atoms with Crippen LogP contribution in [0.5, 0.6) is 5.75 Å². The molecule has 0 saturated carbocycles. The minimum Gasteiger partial charge on any atom is -0.432 e. The van der Waals surface area contributed by atoms with Gasteiger partial charge in [-0.05, 0) is 30.2 Å². The topological polar surface area (TPSA) is 81.6 Å². The maximum atomic E-state index is 14.0. The number of hydrogen-bond acceptors (Lipinski definition) is 6. The number of alkyl halides is 5. The Morgan fingerprint density at radius 3 is 2.46 bits per heavy atom. The Hall–Kier alpha value is -2.87. The Morgan fingerprint density at radius 2 is 1.81 bits per heavy atom. The lowest BCUT2D eigenvalue weighted by Crippen LogP contribution is -2.38. The van der Waals surface area contributed by atoms with E-state index in [1.54, 1.807) is 0 Å². The van der Waals surface area contributed by atoms with E-state index in [0.29, 0.717) is 6.42 Å². The lowest BCUT2D eigenvalue weighted by molar-refractivity contribution is -0.183. The first kappa shape index (κ1) is 28.7. The predicted octanol–water partition coefficient (Wildman–Crippen LogP) is 5.17. The standard InChI is InChI=1S/C22H18F6N6O.2ClH/c23-13-7-11-1-3-15(30-18(11)16(8-13)35-21(24)25)20-32-31-17-4-2-12(9-34(17)20)19(22(26,27)28)33-6-5-14(29)10-33;;/h1-4,7-9,14,19,21H,5-6,10,29H2;2*1H/t14-,19+;;/m0../s1. The highest BCUT2D eigenvalue weighted by Crippen LogP contribution is 2.39. The number of pyridine rings is 2. The second kappa shape index (κ2) is 10.9. The molecular weight excluding hydrogens is 549 g/mol. The van der Waals surface area contributed by atoms with Crippen LogP contribution in [0.1, 0.15) is 18.0 Å². The molecule has 0 aliphatic carbocycles. The zero-order chi connectivity index (χ0) is 24.9. The molecule has 0 radical (unpaired) electrons. The van der Waals surface area contributed by atoms with Gasteiger partial charge in [0.05, 0.1) is 0 Å². The molecule has 15 heteroatoms. The molecule has 2 atom stereocenters. The van der Waals surface area contributed by atoms with Crippen molar-refractivity contribution in [2.24, 2.45) is 5.73 Å². The van der Waals surface area contributed by atoms with Crippen molar-refractivity contribution in [2.75, 3.05) is 13.1 Å². The SMILES string of the molecule is Cl.Cl.N[C@H]1CCN([C@H](c2ccc3nnc(-c4ccc5cc(F)cc(OC(F)F)c5n4)n3c2)C(F)(F)F)C1. The summed E-state index contributed by atoms with van der Waals surface area (Å²) in [6.07, 6.45) is -2.82. The van der Waals surface area contributed by atoms with E-state index >= 15 is 0 Å². The molecule has 4 aromatic rings. The molecule has 3 aromatic heterocycles. The number of halogens is 8. The Balaban J connectivity index is 0.00000190. The third-order valence-electron chi connectivity index (χ3n) is 5.84. The second-order valence-corrected chi connectivity index (χ2v) is 8.25. The number of ether oxygens (including phenoxy) is 1. The van der Waals surface area contributed by atoms with Gasteiger partial charge in [0.2, 0.25) is 0 Å². The van der Waals surface area contributed by atoms with Crippen LogP contribution in [0.2, 0.25) is 0 Å². The molecule has 200 valence electrons. The van der Waals surface area contributed by atoms with Gasteiger partial charge in [0, 0.05) is 36.8 Å². The van der Waals surface area contributed by atoms with Gasteiger partial charge in [-0.2, -0.15) is 22.0 Å². The van der Waals surface area contributed by atoms with Crippen molar-refractivity contribution in [2.45, 2.75) is 31.3 Å². The molecule has 0 bridgehead atoms. The summed E-state index contributed by atoms with van der Waals surface area (Å²) in [6, 6.07) is 5.26. The van der Waals surface area contributed by atoms with Crippen LogP contribution >= 0.6 is 24.8 Å². The average Bonchev–Trinajstić information content (AvgIpc) is 3.38. The number of nitrogens with zero attached hydrogens (tertiary/aromatic N) is 5. The highest BCUT2D eigenvalue weighted by atomic mass is 35.5. The van der Waals surface area contributed by atoms with Crippen molar-refractivity contribution in [3.63, 3.8) is 0 Å². The Bertz CT molecular complexity index is 1400. The molecule has 5 rings (SSSR count). The number of likely N-dealkylation sites (tertiary alicyclic amines) is 1. The monoisotopic (exact) mass is 568 g/mol. The fraction of sp³-hybridized carbons (Fsp3) is 0.318. The summed E-state index contributed by atoms with van der Waals surface area (Å²) >= 11 is 0. The first-order chi connectivity index (χ1) is 16.6. The summed E-state index contributed by atoms with van der Waals surface area (Å²) in [5.41, 5.74) is 6.12. The maximum Gasteiger partial charge on any atom is 0.408 e. The van der Waals surface area contributed by atoms with E-state index in [2.05, 4.69) is 19.9 Å². The molecule has 4 heterocycles. The molecule has 37 heavy (non-hydrogen) atoms. The molecule has 1 aliphatic heterocycles. The third kappa shape index (κ3) is 5.69. The van der Waals surface area contributed by atoms with Crippen LogP contribution in [0, 0.1) is 5.82 Å². The number of fused-ring (bicyclic) bond motifs is 2. The van der Waals surface area contributed by atoms with Gasteiger partial charge in [0.1, 0.15) is 23.1 Å². The van der Waals surface area contributed by atoms with Gasteiger partial charge in [-0.3, -0.25) is 9.30 Å². The van der Waals surface area contributed by atoms with E-state index < -0.39 is 30.4 Å². The van der Waals surface area contributed by atoms with Crippen LogP contribution in [0.15, 0.2) is 42.6 Å². The smallest absolute Gasteiger partial charge is 0.408 e. The zero-order valence-electron chi connectivity index (χ0n) is 18.7. The van der Waals surface area contributed by atoms with Crippen LogP contribution in [-0.4, -0.2) is 56.4 Å². The fourth-order valence-corrected chi connectivity index (χ4v) is 4.38. The summed E-state index contributed by atoms with van der Waals surface area (Å²) in [7, 11) is 0. The normalized spacial score (nSPS) is 17.1. The summed E-state index contributed by atoms with van der Waals surface area (Å²) in [6.45, 7) is -2.90. The highest BCUT2D eigenvalue weighted by molar-refractivity contribution is 5.86. The van der Waals surface area contributed by atoms with Gasteiger partial charge in [0.25, 0.3) is 0 Å². The van der Waals surface area contributed by atoms with Gasteiger partial charge in [-0.1, -0.05) is 12.1 Å². The van der Waals surface area contributed by atoms with E-state index in [0.717, 1.165) is 12.1 Å². The van der Waals surface area contributed by atoms with E-state index in [-0.39, 0.29) is 77.6 Å². The first-order valence-electron chi connectivity index (χ1n) is 10.6. The van der Waals surface area contributed by atoms with E-state index in [4.69, 9.17) is 5.73 Å². The number of hydrogen-bond donors (Lipinski definition) is 1. The largest absolute Gasteiger partial charge is 0.432 e. The Kier molecular flexibility index (Phi) is 8.42. The van der Waals surface area contributed by atoms with Gasteiger partial charge in [-0.25, -0.2) is 9.37 Å². The van der Waals surface area contributed by atoms with Crippen molar-refractivity contribution < 1.29 is 31.1 Å². The van der Waals surface area contributed by atoms with Crippen LogP contribution < -0.4 is 10.5 Å². The molecule has 0 spiro atoms. The number of nitrogens with two attached hydrogens (primary N) is 1. The number of aromatic nitrogens is 4. The lowest BCUT2D eigenvalue weighted by atomic mass is 10.1.